The van der Waals surface area contributed by atoms with Crippen LogP contribution in [-0.2, 0) is 16.1 Å². The number of urea groups is 1. The molecule has 33 heavy (non-hydrogen) atoms. The maximum Gasteiger partial charge on any atom is 0.325 e. The lowest BCUT2D eigenvalue weighted by Gasteiger charge is -2.19. The molecule has 1 aliphatic carbocycles. The number of rotatable bonds is 9. The predicted octanol–water partition coefficient (Wildman–Crippen LogP) is 3.14. The van der Waals surface area contributed by atoms with Gasteiger partial charge in [-0.2, -0.15) is 0 Å². The minimum atomic E-state index is -0.700. The van der Waals surface area contributed by atoms with Gasteiger partial charge in [0.1, 0.15) is 17.0 Å². The van der Waals surface area contributed by atoms with Crippen molar-refractivity contribution < 1.29 is 23.9 Å². The number of hydrogen-bond donors (Lipinski definition) is 2. The molecule has 9 heteroatoms. The van der Waals surface area contributed by atoms with Crippen LogP contribution in [0.3, 0.4) is 0 Å². The fourth-order valence-electron chi connectivity index (χ4n) is 4.24. The summed E-state index contributed by atoms with van der Waals surface area (Å²) in [6.07, 6.45) is 5.60. The van der Waals surface area contributed by atoms with E-state index in [4.69, 9.17) is 9.47 Å². The van der Waals surface area contributed by atoms with Gasteiger partial charge in [-0.05, 0) is 37.0 Å². The van der Waals surface area contributed by atoms with E-state index in [2.05, 4.69) is 15.6 Å². The second-order valence-corrected chi connectivity index (χ2v) is 8.34. The maximum absolute atomic E-state index is 12.6. The molecular weight excluding hydrogens is 424 g/mol. The van der Waals surface area contributed by atoms with Gasteiger partial charge in [0.15, 0.2) is 0 Å². The Morgan fingerprint density at radius 2 is 1.97 bits per heavy atom. The molecule has 1 saturated carbocycles. The van der Waals surface area contributed by atoms with Crippen molar-refractivity contribution in [2.45, 2.75) is 50.6 Å². The molecule has 2 aromatic rings. The van der Waals surface area contributed by atoms with Gasteiger partial charge in [0.25, 0.3) is 5.91 Å². The van der Waals surface area contributed by atoms with Gasteiger partial charge < -0.3 is 20.1 Å². The molecule has 2 fully saturated rings. The lowest BCUT2D eigenvalue weighted by molar-refractivity contribution is -0.131. The summed E-state index contributed by atoms with van der Waals surface area (Å²) in [6.45, 7) is 0.579. The van der Waals surface area contributed by atoms with Crippen LogP contribution >= 0.6 is 0 Å². The molecule has 1 aromatic carbocycles. The molecule has 4 rings (SSSR count). The third-order valence-electron chi connectivity index (χ3n) is 6.04. The Hall–Kier alpha value is -3.62. The summed E-state index contributed by atoms with van der Waals surface area (Å²) in [4.78, 5) is 42.5. The number of ether oxygens (including phenoxy) is 2. The van der Waals surface area contributed by atoms with Crippen molar-refractivity contribution in [3.63, 3.8) is 0 Å². The molecule has 1 saturated heterocycles. The molecule has 0 bridgehead atoms. The molecule has 0 unspecified atom stereocenters. The summed E-state index contributed by atoms with van der Waals surface area (Å²) in [6, 6.07) is 10.5. The zero-order valence-electron chi connectivity index (χ0n) is 18.6. The Labute approximate surface area is 192 Å². The van der Waals surface area contributed by atoms with Gasteiger partial charge >= 0.3 is 6.03 Å². The highest BCUT2D eigenvalue weighted by atomic mass is 16.5. The summed E-state index contributed by atoms with van der Waals surface area (Å²) in [5, 5.41) is 5.69. The number of hydrogen-bond acceptors (Lipinski definition) is 6. The van der Waals surface area contributed by atoms with Crippen LogP contribution in [0.15, 0.2) is 42.6 Å². The van der Waals surface area contributed by atoms with E-state index < -0.39 is 5.54 Å². The number of nitrogens with one attached hydrogen (secondary N) is 2. The molecule has 174 valence electrons. The molecule has 9 nitrogen and oxygen atoms in total. The molecular formula is C24H28N4O5. The van der Waals surface area contributed by atoms with E-state index in [9.17, 15) is 14.4 Å². The molecule has 4 amide bonds. The van der Waals surface area contributed by atoms with Crippen LogP contribution in [-0.4, -0.2) is 46.9 Å². The number of aromatic nitrogens is 1. The number of methoxy groups -OCH3 is 1. The van der Waals surface area contributed by atoms with Crippen LogP contribution in [0.5, 0.6) is 17.4 Å². The van der Waals surface area contributed by atoms with Crippen molar-refractivity contribution in [1.82, 2.24) is 20.5 Å². The summed E-state index contributed by atoms with van der Waals surface area (Å²) in [5.74, 6) is 1.46. The van der Waals surface area contributed by atoms with Crippen molar-refractivity contribution in [3.05, 3.63) is 48.2 Å². The first-order valence-electron chi connectivity index (χ1n) is 11.2. The van der Waals surface area contributed by atoms with Crippen LogP contribution in [0.25, 0.3) is 0 Å². The highest BCUT2D eigenvalue weighted by molar-refractivity contribution is 6.07. The minimum Gasteiger partial charge on any atom is -0.497 e. The maximum atomic E-state index is 12.6. The molecule has 0 radical (unpaired) electrons. The molecule has 1 spiro atoms. The highest BCUT2D eigenvalue weighted by Gasteiger charge is 2.52. The first-order chi connectivity index (χ1) is 16.0. The van der Waals surface area contributed by atoms with Crippen molar-refractivity contribution in [1.29, 1.82) is 0 Å². The molecule has 2 heterocycles. The van der Waals surface area contributed by atoms with Gasteiger partial charge in [0.05, 0.1) is 7.11 Å². The topological polar surface area (TPSA) is 110 Å². The first-order valence-corrected chi connectivity index (χ1v) is 11.2. The third kappa shape index (κ3) is 5.24. The van der Waals surface area contributed by atoms with Crippen LogP contribution in [0.2, 0.25) is 0 Å². The largest absolute Gasteiger partial charge is 0.497 e. The van der Waals surface area contributed by atoms with Crippen LogP contribution in [0.4, 0.5) is 4.79 Å². The van der Waals surface area contributed by atoms with E-state index in [0.717, 1.165) is 18.4 Å². The zero-order valence-corrected chi connectivity index (χ0v) is 18.6. The average molecular weight is 453 g/mol. The molecule has 1 aromatic heterocycles. The van der Waals surface area contributed by atoms with Crippen LogP contribution < -0.4 is 20.1 Å². The number of carbonyl (C=O) groups is 3. The summed E-state index contributed by atoms with van der Waals surface area (Å²) < 4.78 is 10.9. The molecule has 0 atom stereocenters. The van der Waals surface area contributed by atoms with E-state index >= 15 is 0 Å². The van der Waals surface area contributed by atoms with E-state index in [-0.39, 0.29) is 30.8 Å². The Balaban J connectivity index is 1.19. The Kier molecular flexibility index (Phi) is 6.76. The number of imide groups is 1. The second-order valence-electron chi connectivity index (χ2n) is 8.34. The van der Waals surface area contributed by atoms with Gasteiger partial charge in [0.2, 0.25) is 11.8 Å². The number of benzene rings is 1. The summed E-state index contributed by atoms with van der Waals surface area (Å²) in [5.41, 5.74) is 0.132. The zero-order chi connectivity index (χ0) is 23.3. The van der Waals surface area contributed by atoms with Crippen LogP contribution in [0.1, 0.15) is 44.1 Å². The number of amides is 4. The van der Waals surface area contributed by atoms with Crippen molar-refractivity contribution in [2.75, 3.05) is 13.7 Å². The van der Waals surface area contributed by atoms with Gasteiger partial charge in [-0.15, -0.1) is 0 Å². The van der Waals surface area contributed by atoms with Gasteiger partial charge in [-0.25, -0.2) is 9.78 Å². The third-order valence-corrected chi connectivity index (χ3v) is 6.04. The van der Waals surface area contributed by atoms with Crippen molar-refractivity contribution in [3.8, 4) is 17.4 Å². The van der Waals surface area contributed by atoms with Crippen LogP contribution in [0, 0.1) is 0 Å². The predicted molar refractivity (Wildman–Crippen MR) is 120 cm³/mol. The monoisotopic (exact) mass is 452 g/mol. The van der Waals surface area contributed by atoms with E-state index in [1.807, 2.05) is 24.3 Å². The summed E-state index contributed by atoms with van der Waals surface area (Å²) in [7, 11) is 1.59. The van der Waals surface area contributed by atoms with Crippen molar-refractivity contribution in [2.24, 2.45) is 0 Å². The normalized spacial score (nSPS) is 16.7. The lowest BCUT2D eigenvalue weighted by atomic mass is 9.98. The summed E-state index contributed by atoms with van der Waals surface area (Å²) >= 11 is 0. The molecule has 2 aliphatic rings. The molecule has 2 N–H and O–H groups in total. The fourth-order valence-corrected chi connectivity index (χ4v) is 4.24. The molecule has 1 aliphatic heterocycles. The second kappa shape index (κ2) is 9.89. The highest BCUT2D eigenvalue weighted by Crippen LogP contribution is 2.35. The smallest absolute Gasteiger partial charge is 0.325 e. The van der Waals surface area contributed by atoms with E-state index in [1.165, 1.54) is 4.90 Å². The Morgan fingerprint density at radius 3 is 2.70 bits per heavy atom. The number of carbonyl (C=O) groups excluding carboxylic acids is 3. The average Bonchev–Trinajstić information content (AvgIpc) is 3.39. The standard InChI is InChI=1S/C24H28N4O5/c1-32-18-6-4-7-19(14-18)33-21-10-9-17(16-26-21)15-25-20(29)8-5-13-28-22(30)24(27-23(28)31)11-2-3-12-24/h4,6-7,9-10,14,16H,2-3,5,8,11-13,15H2,1H3,(H,25,29)(H,27,31). The van der Waals surface area contributed by atoms with E-state index in [1.54, 1.807) is 25.4 Å². The van der Waals surface area contributed by atoms with Gasteiger partial charge in [-0.3, -0.25) is 14.5 Å². The Morgan fingerprint density at radius 1 is 1.18 bits per heavy atom. The van der Waals surface area contributed by atoms with Gasteiger partial charge in [-0.1, -0.05) is 25.0 Å². The SMILES string of the molecule is COc1cccc(Oc2ccc(CNC(=O)CCCN3C(=O)NC4(CCCC4)C3=O)cn2)c1. The quantitative estimate of drug-likeness (QED) is 0.566. The number of pyridine rings is 1. The number of nitrogens with zero attached hydrogens (tertiary/aromatic N) is 2. The first kappa shape index (κ1) is 22.6. The lowest BCUT2D eigenvalue weighted by Crippen LogP contribution is -2.44. The van der Waals surface area contributed by atoms with E-state index in [0.29, 0.717) is 43.2 Å². The minimum absolute atomic E-state index is 0.144. The van der Waals surface area contributed by atoms with Gasteiger partial charge in [0, 0.05) is 37.8 Å². The fraction of sp³-hybridized carbons (Fsp3) is 0.417. The Bertz CT molecular complexity index is 1020. The van der Waals surface area contributed by atoms with Crippen molar-refractivity contribution >= 4 is 17.8 Å².